The van der Waals surface area contributed by atoms with Crippen LogP contribution in [0.2, 0.25) is 18.6 Å². The fourth-order valence-corrected chi connectivity index (χ4v) is 8.47. The summed E-state index contributed by atoms with van der Waals surface area (Å²) in [6, 6.07) is 8.46. The minimum absolute atomic E-state index is 0.0236. The number of hydrogen-bond donors (Lipinski definition) is 2. The van der Waals surface area contributed by atoms with E-state index in [-0.39, 0.29) is 42.2 Å². The van der Waals surface area contributed by atoms with E-state index >= 15 is 0 Å². The van der Waals surface area contributed by atoms with Gasteiger partial charge in [0.05, 0.1) is 31.3 Å². The molecule has 0 unspecified atom stereocenters. The van der Waals surface area contributed by atoms with Crippen LogP contribution >= 0.6 is 22.6 Å². The molecule has 1 amide bonds. The van der Waals surface area contributed by atoms with Gasteiger partial charge in [-0.05, 0) is 85.0 Å². The Hall–Kier alpha value is -0.483. The number of amides is 1. The quantitative estimate of drug-likeness (QED) is 0.417. The molecule has 0 aliphatic carbocycles. The van der Waals surface area contributed by atoms with E-state index < -0.39 is 8.32 Å². The molecule has 7 heteroatoms. The first kappa shape index (κ1) is 23.2. The number of aryl methyl sites for hydroxylation is 1. The summed E-state index contributed by atoms with van der Waals surface area (Å²) in [6.45, 7) is 6.83. The minimum Gasteiger partial charge on any atom is -0.432 e. The molecule has 2 fully saturated rings. The monoisotopic (exact) mass is 531 g/mol. The maximum absolute atomic E-state index is 12.9. The van der Waals surface area contributed by atoms with Gasteiger partial charge in [-0.3, -0.25) is 4.79 Å². The molecule has 2 aliphatic heterocycles. The summed E-state index contributed by atoms with van der Waals surface area (Å²) in [6.07, 6.45) is 3.78. The summed E-state index contributed by atoms with van der Waals surface area (Å²) in [5.41, 5.74) is 1.34. The van der Waals surface area contributed by atoms with Crippen molar-refractivity contribution in [2.45, 2.75) is 75.9 Å². The fourth-order valence-electron chi connectivity index (χ4n) is 5.25. The Morgan fingerprint density at radius 2 is 2.10 bits per heavy atom. The number of ether oxygens (including phenoxy) is 1. The number of rotatable bonds is 7. The van der Waals surface area contributed by atoms with Crippen molar-refractivity contribution in [3.05, 3.63) is 33.4 Å². The molecule has 0 saturated carbocycles. The van der Waals surface area contributed by atoms with E-state index in [1.807, 2.05) is 18.0 Å². The third-order valence-electron chi connectivity index (χ3n) is 6.61. The molecule has 2 saturated heterocycles. The molecule has 0 bridgehead atoms. The van der Waals surface area contributed by atoms with E-state index in [1.54, 1.807) is 0 Å². The largest absolute Gasteiger partial charge is 0.432 e. The number of aliphatic hydroxyl groups is 1. The van der Waals surface area contributed by atoms with Gasteiger partial charge in [0, 0.05) is 15.7 Å². The van der Waals surface area contributed by atoms with Crippen molar-refractivity contribution in [2.75, 3.05) is 13.2 Å². The predicted octanol–water partition coefficient (Wildman–Crippen LogP) is 3.57. The first-order valence-corrected chi connectivity index (χ1v) is 14.8. The molecule has 2 aliphatic rings. The Morgan fingerprint density at radius 1 is 1.34 bits per heavy atom. The van der Waals surface area contributed by atoms with Crippen LogP contribution in [0.15, 0.2) is 24.3 Å². The topological polar surface area (TPSA) is 70.0 Å². The standard InChI is InChI=1S/C22H34INO4Si/c1-15-19(10-9-16-6-4-7-17(23)12-16)28-20(22(15)29(2,3)27)13-21(26)24-11-5-8-18(24)14-25/h4,6-7,12,15,18-20,22,25,27H,5,8-11,13-14H2,1-3H3/t15-,18-,19+,20-,22+/m0/s1. The third-order valence-corrected chi connectivity index (χ3v) is 9.81. The van der Waals surface area contributed by atoms with Crippen LogP contribution < -0.4 is 0 Å². The molecule has 162 valence electrons. The first-order chi connectivity index (χ1) is 13.7. The van der Waals surface area contributed by atoms with Gasteiger partial charge in [0.15, 0.2) is 8.32 Å². The number of hydrogen-bond acceptors (Lipinski definition) is 4. The number of carbonyl (C=O) groups excluding carboxylic acids is 1. The number of benzene rings is 1. The Bertz CT molecular complexity index is 710. The average molecular weight is 532 g/mol. The lowest BCUT2D eigenvalue weighted by molar-refractivity contribution is -0.135. The van der Waals surface area contributed by atoms with Gasteiger partial charge in [-0.1, -0.05) is 19.1 Å². The Morgan fingerprint density at radius 3 is 2.76 bits per heavy atom. The van der Waals surface area contributed by atoms with Gasteiger partial charge < -0.3 is 19.5 Å². The summed E-state index contributed by atoms with van der Waals surface area (Å²) < 4.78 is 7.66. The zero-order valence-electron chi connectivity index (χ0n) is 17.7. The van der Waals surface area contributed by atoms with E-state index in [2.05, 4.69) is 53.8 Å². The lowest BCUT2D eigenvalue weighted by Gasteiger charge is -2.31. The lowest BCUT2D eigenvalue weighted by Crippen LogP contribution is -2.43. The van der Waals surface area contributed by atoms with Crippen LogP contribution in [0.4, 0.5) is 0 Å². The molecule has 1 aromatic carbocycles. The van der Waals surface area contributed by atoms with Gasteiger partial charge in [0.25, 0.3) is 0 Å². The van der Waals surface area contributed by atoms with Crippen LogP contribution in [-0.4, -0.2) is 60.4 Å². The highest BCUT2D eigenvalue weighted by Gasteiger charge is 2.50. The minimum atomic E-state index is -2.49. The van der Waals surface area contributed by atoms with Crippen molar-refractivity contribution in [1.29, 1.82) is 0 Å². The van der Waals surface area contributed by atoms with E-state index in [4.69, 9.17) is 4.74 Å². The lowest BCUT2D eigenvalue weighted by atomic mass is 9.95. The number of carbonyl (C=O) groups is 1. The fraction of sp³-hybridized carbons (Fsp3) is 0.682. The molecular weight excluding hydrogens is 497 g/mol. The van der Waals surface area contributed by atoms with E-state index in [0.717, 1.165) is 25.7 Å². The Balaban J connectivity index is 1.67. The van der Waals surface area contributed by atoms with Crippen molar-refractivity contribution in [3.8, 4) is 0 Å². The van der Waals surface area contributed by atoms with Crippen LogP contribution in [0.3, 0.4) is 0 Å². The van der Waals surface area contributed by atoms with E-state index in [1.165, 1.54) is 9.13 Å². The van der Waals surface area contributed by atoms with Crippen molar-refractivity contribution in [3.63, 3.8) is 0 Å². The number of nitrogens with zero attached hydrogens (tertiary/aromatic N) is 1. The van der Waals surface area contributed by atoms with Gasteiger partial charge in [0.2, 0.25) is 5.91 Å². The van der Waals surface area contributed by atoms with Crippen molar-refractivity contribution in [1.82, 2.24) is 4.90 Å². The van der Waals surface area contributed by atoms with Gasteiger partial charge in [-0.25, -0.2) is 0 Å². The van der Waals surface area contributed by atoms with E-state index in [0.29, 0.717) is 13.0 Å². The molecule has 0 spiro atoms. The van der Waals surface area contributed by atoms with Crippen LogP contribution in [-0.2, 0) is 16.0 Å². The third kappa shape index (κ3) is 5.61. The van der Waals surface area contributed by atoms with Crippen LogP contribution in [0.1, 0.15) is 38.2 Å². The van der Waals surface area contributed by atoms with Gasteiger partial charge in [-0.2, -0.15) is 0 Å². The second-order valence-electron chi connectivity index (χ2n) is 9.19. The summed E-state index contributed by atoms with van der Waals surface area (Å²) in [5, 5.41) is 9.55. The van der Waals surface area contributed by atoms with Gasteiger partial charge in [0.1, 0.15) is 0 Å². The zero-order chi connectivity index (χ0) is 21.2. The van der Waals surface area contributed by atoms with Crippen LogP contribution in [0.25, 0.3) is 0 Å². The zero-order valence-corrected chi connectivity index (χ0v) is 20.8. The summed E-state index contributed by atoms with van der Waals surface area (Å²) in [7, 11) is -2.49. The van der Waals surface area contributed by atoms with E-state index in [9.17, 15) is 14.7 Å². The Kier molecular flexibility index (Phi) is 7.81. The number of likely N-dealkylation sites (tertiary alicyclic amines) is 1. The van der Waals surface area contributed by atoms with Crippen LogP contribution in [0.5, 0.6) is 0 Å². The van der Waals surface area contributed by atoms with Crippen molar-refractivity contribution in [2.24, 2.45) is 5.92 Å². The smallest absolute Gasteiger partial charge is 0.225 e. The molecular formula is C22H34INO4Si. The average Bonchev–Trinajstić information content (AvgIpc) is 3.24. The SMILES string of the molecule is C[C@@H]1[C@@H]([Si](C)(C)O)[C@H](CC(=O)N2CCC[C@H]2CO)O[C@@H]1CCc1cccc(I)c1. The number of halogens is 1. The molecule has 2 N–H and O–H groups in total. The first-order valence-electron chi connectivity index (χ1n) is 10.7. The Labute approximate surface area is 189 Å². The molecule has 5 atom stereocenters. The molecule has 2 heterocycles. The molecule has 5 nitrogen and oxygen atoms in total. The summed E-state index contributed by atoms with van der Waals surface area (Å²) in [5.74, 6) is 0.287. The predicted molar refractivity (Wildman–Crippen MR) is 125 cm³/mol. The van der Waals surface area contributed by atoms with Crippen LogP contribution in [0, 0.1) is 9.49 Å². The highest BCUT2D eigenvalue weighted by atomic mass is 127. The highest BCUT2D eigenvalue weighted by molar-refractivity contribution is 14.1. The van der Waals surface area contributed by atoms with Crippen molar-refractivity contribution < 1.29 is 19.4 Å². The molecule has 3 rings (SSSR count). The normalized spacial score (nSPS) is 30.1. The second kappa shape index (κ2) is 9.76. The maximum Gasteiger partial charge on any atom is 0.225 e. The summed E-state index contributed by atoms with van der Waals surface area (Å²) in [4.78, 5) is 25.7. The highest BCUT2D eigenvalue weighted by Crippen LogP contribution is 2.45. The molecule has 1 aromatic rings. The molecule has 0 aromatic heterocycles. The molecule has 0 radical (unpaired) electrons. The second-order valence-corrected chi connectivity index (χ2v) is 14.4. The van der Waals surface area contributed by atoms with Crippen molar-refractivity contribution >= 4 is 36.8 Å². The summed E-state index contributed by atoms with van der Waals surface area (Å²) >= 11 is 2.33. The molecule has 29 heavy (non-hydrogen) atoms. The van der Waals surface area contributed by atoms with Gasteiger partial charge >= 0.3 is 0 Å². The maximum atomic E-state index is 12.9. The van der Waals surface area contributed by atoms with Gasteiger partial charge in [-0.15, -0.1) is 0 Å². The number of aliphatic hydroxyl groups excluding tert-OH is 1.